The maximum atomic E-state index is 11.9. The average Bonchev–Trinajstić information content (AvgIpc) is 2.47. The van der Waals surface area contributed by atoms with Gasteiger partial charge in [-0.15, -0.1) is 0 Å². The second kappa shape index (κ2) is 6.79. The number of carbonyl (C=O) groups excluding carboxylic acids is 1. The van der Waals surface area contributed by atoms with E-state index in [0.717, 1.165) is 16.8 Å². The Balaban J connectivity index is 2.36. The molecule has 0 saturated carbocycles. The molecule has 0 spiro atoms. The van der Waals surface area contributed by atoms with Gasteiger partial charge in [0.15, 0.2) is 0 Å². The Labute approximate surface area is 124 Å². The van der Waals surface area contributed by atoms with Crippen LogP contribution in [0.1, 0.15) is 24.1 Å². The van der Waals surface area contributed by atoms with Crippen LogP contribution in [0.2, 0.25) is 0 Å². The number of nitrogens with one attached hydrogen (secondary N) is 1. The van der Waals surface area contributed by atoms with E-state index in [1.165, 1.54) is 0 Å². The number of carbonyl (C=O) groups is 1. The van der Waals surface area contributed by atoms with E-state index in [1.807, 2.05) is 62.4 Å². The number of primary amides is 1. The van der Waals surface area contributed by atoms with Gasteiger partial charge in [0.25, 0.3) is 0 Å². The number of rotatable bonds is 6. The zero-order valence-corrected chi connectivity index (χ0v) is 12.3. The molecular weight excluding hydrogens is 264 g/mol. The Morgan fingerprint density at radius 1 is 1.19 bits per heavy atom. The van der Waals surface area contributed by atoms with Crippen LogP contribution in [0, 0.1) is 6.92 Å². The van der Waals surface area contributed by atoms with E-state index >= 15 is 0 Å². The molecule has 0 saturated heterocycles. The molecule has 2 rings (SSSR count). The van der Waals surface area contributed by atoms with E-state index in [-0.39, 0.29) is 0 Å². The predicted molar refractivity (Wildman–Crippen MR) is 84.3 cm³/mol. The van der Waals surface area contributed by atoms with Crippen molar-refractivity contribution in [3.8, 4) is 5.75 Å². The van der Waals surface area contributed by atoms with Crippen LogP contribution in [-0.4, -0.2) is 12.5 Å². The predicted octanol–water partition coefficient (Wildman–Crippen LogP) is 3.03. The van der Waals surface area contributed by atoms with Gasteiger partial charge in [0.1, 0.15) is 11.8 Å². The molecule has 2 aromatic carbocycles. The minimum Gasteiger partial charge on any atom is -0.494 e. The quantitative estimate of drug-likeness (QED) is 0.857. The Bertz CT molecular complexity index is 626. The average molecular weight is 284 g/mol. The molecule has 1 atom stereocenters. The molecule has 4 heteroatoms. The van der Waals surface area contributed by atoms with E-state index in [0.29, 0.717) is 12.4 Å². The van der Waals surface area contributed by atoms with Gasteiger partial charge in [-0.05, 0) is 31.5 Å². The monoisotopic (exact) mass is 284 g/mol. The lowest BCUT2D eigenvalue weighted by Crippen LogP contribution is -2.28. The number of nitrogens with two attached hydrogens (primary N) is 1. The Hall–Kier alpha value is -2.49. The summed E-state index contributed by atoms with van der Waals surface area (Å²) >= 11 is 0. The van der Waals surface area contributed by atoms with Crippen LogP contribution in [0.3, 0.4) is 0 Å². The van der Waals surface area contributed by atoms with Crippen molar-refractivity contribution in [2.24, 2.45) is 5.73 Å². The second-order valence-corrected chi connectivity index (χ2v) is 4.77. The van der Waals surface area contributed by atoms with E-state index in [1.54, 1.807) is 0 Å². The van der Waals surface area contributed by atoms with Gasteiger partial charge in [0.2, 0.25) is 5.91 Å². The van der Waals surface area contributed by atoms with Gasteiger partial charge in [-0.2, -0.15) is 0 Å². The number of anilines is 1. The molecule has 0 heterocycles. The minimum atomic E-state index is -0.631. The van der Waals surface area contributed by atoms with Crippen LogP contribution in [0.4, 0.5) is 5.69 Å². The van der Waals surface area contributed by atoms with Crippen LogP contribution in [0.25, 0.3) is 0 Å². The first-order valence-electron chi connectivity index (χ1n) is 6.96. The number of hydrogen-bond donors (Lipinski definition) is 2. The lowest BCUT2D eigenvalue weighted by molar-refractivity contribution is -0.118. The lowest BCUT2D eigenvalue weighted by atomic mass is 10.0. The van der Waals surface area contributed by atoms with E-state index < -0.39 is 11.9 Å². The molecule has 21 heavy (non-hydrogen) atoms. The number of benzene rings is 2. The van der Waals surface area contributed by atoms with Crippen LogP contribution in [-0.2, 0) is 4.79 Å². The van der Waals surface area contributed by atoms with Gasteiger partial charge in [-0.1, -0.05) is 36.4 Å². The van der Waals surface area contributed by atoms with Crippen molar-refractivity contribution in [2.75, 3.05) is 11.9 Å². The highest BCUT2D eigenvalue weighted by Gasteiger charge is 2.21. The number of aryl methyl sites for hydroxylation is 1. The molecule has 0 aliphatic heterocycles. The smallest absolute Gasteiger partial charge is 0.244 e. The van der Waals surface area contributed by atoms with Crippen molar-refractivity contribution >= 4 is 11.6 Å². The Morgan fingerprint density at radius 3 is 2.52 bits per heavy atom. The maximum Gasteiger partial charge on any atom is 0.244 e. The zero-order valence-electron chi connectivity index (χ0n) is 12.3. The van der Waals surface area contributed by atoms with Crippen LogP contribution < -0.4 is 15.8 Å². The molecule has 0 aliphatic rings. The largest absolute Gasteiger partial charge is 0.494 e. The fraction of sp³-hybridized carbons (Fsp3) is 0.235. The fourth-order valence-electron chi connectivity index (χ4n) is 2.20. The number of para-hydroxylation sites is 2. The van der Waals surface area contributed by atoms with Crippen molar-refractivity contribution in [1.29, 1.82) is 0 Å². The third-order valence-corrected chi connectivity index (χ3v) is 3.26. The van der Waals surface area contributed by atoms with Crippen LogP contribution in [0.15, 0.2) is 48.5 Å². The van der Waals surface area contributed by atoms with E-state index in [4.69, 9.17) is 10.5 Å². The number of amides is 1. The summed E-state index contributed by atoms with van der Waals surface area (Å²) in [5.41, 5.74) is 8.26. The summed E-state index contributed by atoms with van der Waals surface area (Å²) in [7, 11) is 0. The van der Waals surface area contributed by atoms with Crippen molar-refractivity contribution in [1.82, 2.24) is 0 Å². The molecule has 0 bridgehead atoms. The van der Waals surface area contributed by atoms with Crippen molar-refractivity contribution in [3.05, 3.63) is 59.7 Å². The molecule has 2 aromatic rings. The summed E-state index contributed by atoms with van der Waals surface area (Å²) in [6.07, 6.45) is 0. The molecule has 0 fully saturated rings. The molecule has 4 nitrogen and oxygen atoms in total. The SMILES string of the molecule is CCOc1ccccc1C(Nc1ccccc1C)C(N)=O. The normalized spacial score (nSPS) is 11.7. The second-order valence-electron chi connectivity index (χ2n) is 4.77. The van der Waals surface area contributed by atoms with Gasteiger partial charge >= 0.3 is 0 Å². The molecule has 1 unspecified atom stereocenters. The minimum absolute atomic E-state index is 0.439. The third kappa shape index (κ3) is 3.54. The summed E-state index contributed by atoms with van der Waals surface area (Å²) in [4.78, 5) is 11.9. The van der Waals surface area contributed by atoms with Crippen molar-refractivity contribution in [3.63, 3.8) is 0 Å². The van der Waals surface area contributed by atoms with E-state index in [2.05, 4.69) is 5.32 Å². The Kier molecular flexibility index (Phi) is 4.82. The Morgan fingerprint density at radius 2 is 1.86 bits per heavy atom. The molecule has 110 valence electrons. The highest BCUT2D eigenvalue weighted by Crippen LogP contribution is 2.29. The van der Waals surface area contributed by atoms with Crippen LogP contribution in [0.5, 0.6) is 5.75 Å². The van der Waals surface area contributed by atoms with Gasteiger partial charge in [-0.3, -0.25) is 4.79 Å². The maximum absolute atomic E-state index is 11.9. The highest BCUT2D eigenvalue weighted by molar-refractivity contribution is 5.85. The third-order valence-electron chi connectivity index (χ3n) is 3.26. The van der Waals surface area contributed by atoms with Crippen molar-refractivity contribution < 1.29 is 9.53 Å². The van der Waals surface area contributed by atoms with Crippen LogP contribution >= 0.6 is 0 Å². The van der Waals surface area contributed by atoms with Crippen molar-refractivity contribution in [2.45, 2.75) is 19.9 Å². The van der Waals surface area contributed by atoms with Gasteiger partial charge in [-0.25, -0.2) is 0 Å². The molecule has 3 N–H and O–H groups in total. The van der Waals surface area contributed by atoms with Gasteiger partial charge in [0, 0.05) is 11.3 Å². The molecule has 0 aromatic heterocycles. The fourth-order valence-corrected chi connectivity index (χ4v) is 2.20. The topological polar surface area (TPSA) is 64.3 Å². The number of hydrogen-bond acceptors (Lipinski definition) is 3. The van der Waals surface area contributed by atoms with Gasteiger partial charge < -0.3 is 15.8 Å². The summed E-state index contributed by atoms with van der Waals surface area (Å²) in [6.45, 7) is 4.42. The number of ether oxygens (including phenoxy) is 1. The lowest BCUT2D eigenvalue weighted by Gasteiger charge is -2.21. The molecular formula is C17H20N2O2. The summed E-state index contributed by atoms with van der Waals surface area (Å²) in [6, 6.07) is 14.6. The first-order valence-corrected chi connectivity index (χ1v) is 6.96. The first-order chi connectivity index (χ1) is 10.1. The highest BCUT2D eigenvalue weighted by atomic mass is 16.5. The standard InChI is InChI=1S/C17H20N2O2/c1-3-21-15-11-7-5-9-13(15)16(17(18)20)19-14-10-6-4-8-12(14)2/h4-11,16,19H,3H2,1-2H3,(H2,18,20). The van der Waals surface area contributed by atoms with E-state index in [9.17, 15) is 4.79 Å². The summed E-state index contributed by atoms with van der Waals surface area (Å²) < 4.78 is 5.59. The van der Waals surface area contributed by atoms with Gasteiger partial charge in [0.05, 0.1) is 6.61 Å². The first kappa shape index (κ1) is 14.9. The molecule has 0 radical (unpaired) electrons. The summed E-state index contributed by atoms with van der Waals surface area (Å²) in [5.74, 6) is 0.232. The summed E-state index contributed by atoms with van der Waals surface area (Å²) in [5, 5.41) is 3.21. The molecule has 1 amide bonds. The molecule has 0 aliphatic carbocycles. The zero-order chi connectivity index (χ0) is 15.2.